The van der Waals surface area contributed by atoms with Crippen molar-refractivity contribution in [3.63, 3.8) is 0 Å². The first-order valence-corrected chi connectivity index (χ1v) is 6.55. The molecule has 102 valence electrons. The highest BCUT2D eigenvalue weighted by Crippen LogP contribution is 2.13. The topological polar surface area (TPSA) is 66.4 Å². The number of aliphatic carboxylic acids is 1. The van der Waals surface area contributed by atoms with E-state index in [0.717, 1.165) is 10.0 Å². The average Bonchev–Trinajstić information content (AvgIpc) is 2.35. The molecule has 0 unspecified atom stereocenters. The van der Waals surface area contributed by atoms with E-state index in [2.05, 4.69) is 21.2 Å². The number of benzene rings is 1. The summed E-state index contributed by atoms with van der Waals surface area (Å²) < 4.78 is 0.970. The Kier molecular flexibility index (Phi) is 5.30. The van der Waals surface area contributed by atoms with Gasteiger partial charge in [0.15, 0.2) is 0 Å². The normalized spacial score (nSPS) is 11.5. The Balaban J connectivity index is 2.52. The van der Waals surface area contributed by atoms with Crippen molar-refractivity contribution in [3.8, 4) is 0 Å². The maximum absolute atomic E-state index is 11.6. The van der Waals surface area contributed by atoms with Crippen LogP contribution in [0.1, 0.15) is 19.4 Å². The minimum Gasteiger partial charge on any atom is -0.481 e. The van der Waals surface area contributed by atoms with Crippen molar-refractivity contribution < 1.29 is 14.7 Å². The van der Waals surface area contributed by atoms with Crippen LogP contribution in [-0.2, 0) is 9.59 Å². The van der Waals surface area contributed by atoms with Gasteiger partial charge in [-0.25, -0.2) is 0 Å². The van der Waals surface area contributed by atoms with E-state index < -0.39 is 11.4 Å². The molecule has 0 radical (unpaired) electrons. The first-order chi connectivity index (χ1) is 8.81. The highest BCUT2D eigenvalue weighted by atomic mass is 79.9. The van der Waals surface area contributed by atoms with Crippen molar-refractivity contribution in [1.82, 2.24) is 5.32 Å². The van der Waals surface area contributed by atoms with E-state index in [1.54, 1.807) is 19.9 Å². The Morgan fingerprint density at radius 3 is 2.42 bits per heavy atom. The molecule has 0 saturated carbocycles. The van der Waals surface area contributed by atoms with Crippen LogP contribution in [0.4, 0.5) is 0 Å². The SMILES string of the molecule is CC(C)(CNC(=O)/C=C/c1ccc(Br)cc1)C(=O)O. The van der Waals surface area contributed by atoms with Gasteiger partial charge in [-0.1, -0.05) is 28.1 Å². The lowest BCUT2D eigenvalue weighted by Crippen LogP contribution is -2.38. The molecule has 2 N–H and O–H groups in total. The lowest BCUT2D eigenvalue weighted by atomic mass is 9.94. The molecule has 0 bridgehead atoms. The lowest BCUT2D eigenvalue weighted by Gasteiger charge is -2.18. The summed E-state index contributed by atoms with van der Waals surface area (Å²) in [5.74, 6) is -1.25. The Bertz CT molecular complexity index is 492. The van der Waals surface area contributed by atoms with Gasteiger partial charge in [-0.15, -0.1) is 0 Å². The lowest BCUT2D eigenvalue weighted by molar-refractivity contribution is -0.146. The van der Waals surface area contributed by atoms with E-state index in [1.165, 1.54) is 6.08 Å². The van der Waals surface area contributed by atoms with Crippen molar-refractivity contribution >= 4 is 33.9 Å². The summed E-state index contributed by atoms with van der Waals surface area (Å²) in [4.78, 5) is 22.4. The summed E-state index contributed by atoms with van der Waals surface area (Å²) in [5, 5.41) is 11.5. The van der Waals surface area contributed by atoms with Gasteiger partial charge in [0.2, 0.25) is 5.91 Å². The Hall–Kier alpha value is -1.62. The van der Waals surface area contributed by atoms with Crippen LogP contribution in [0, 0.1) is 5.41 Å². The molecule has 0 heterocycles. The quantitative estimate of drug-likeness (QED) is 0.818. The van der Waals surface area contributed by atoms with Crippen molar-refractivity contribution in [1.29, 1.82) is 0 Å². The number of amides is 1. The monoisotopic (exact) mass is 325 g/mol. The van der Waals surface area contributed by atoms with Gasteiger partial charge in [-0.2, -0.15) is 0 Å². The predicted molar refractivity (Wildman–Crippen MR) is 77.6 cm³/mol. The third-order valence-electron chi connectivity index (χ3n) is 2.58. The fourth-order valence-electron chi connectivity index (χ4n) is 1.19. The van der Waals surface area contributed by atoms with E-state index >= 15 is 0 Å². The predicted octanol–water partition coefficient (Wildman–Crippen LogP) is 2.69. The first kappa shape index (κ1) is 15.4. The zero-order valence-electron chi connectivity index (χ0n) is 10.8. The molecule has 1 aromatic rings. The molecule has 0 saturated heterocycles. The molecule has 0 atom stereocenters. The van der Waals surface area contributed by atoms with Gasteiger partial charge in [0.25, 0.3) is 0 Å². The van der Waals surface area contributed by atoms with E-state index in [9.17, 15) is 9.59 Å². The summed E-state index contributed by atoms with van der Waals surface area (Å²) in [6.07, 6.45) is 3.07. The summed E-state index contributed by atoms with van der Waals surface area (Å²) in [6.45, 7) is 3.22. The van der Waals surface area contributed by atoms with Gasteiger partial charge in [0, 0.05) is 17.1 Å². The molecular formula is C14H16BrNO3. The number of nitrogens with one attached hydrogen (secondary N) is 1. The van der Waals surface area contributed by atoms with Crippen molar-refractivity contribution in [3.05, 3.63) is 40.4 Å². The minimum atomic E-state index is -0.971. The summed E-state index contributed by atoms with van der Waals surface area (Å²) in [6, 6.07) is 7.50. The van der Waals surface area contributed by atoms with Crippen LogP contribution in [-0.4, -0.2) is 23.5 Å². The van der Waals surface area contributed by atoms with Crippen LogP contribution in [0.25, 0.3) is 6.08 Å². The van der Waals surface area contributed by atoms with Gasteiger partial charge in [0.05, 0.1) is 5.41 Å². The van der Waals surface area contributed by atoms with Crippen LogP contribution in [0.15, 0.2) is 34.8 Å². The number of halogens is 1. The maximum atomic E-state index is 11.6. The van der Waals surface area contributed by atoms with Gasteiger partial charge < -0.3 is 10.4 Å². The summed E-state index contributed by atoms with van der Waals surface area (Å²) in [5.41, 5.74) is -0.0722. The number of rotatable bonds is 5. The highest BCUT2D eigenvalue weighted by Gasteiger charge is 2.27. The van der Waals surface area contributed by atoms with Crippen molar-refractivity contribution in [2.24, 2.45) is 5.41 Å². The fourth-order valence-corrected chi connectivity index (χ4v) is 1.45. The highest BCUT2D eigenvalue weighted by molar-refractivity contribution is 9.10. The maximum Gasteiger partial charge on any atom is 0.310 e. The van der Waals surface area contributed by atoms with E-state index in [-0.39, 0.29) is 12.5 Å². The van der Waals surface area contributed by atoms with Gasteiger partial charge in [0.1, 0.15) is 0 Å². The molecule has 1 rings (SSSR count). The number of carboxylic acids is 1. The number of hydrogen-bond donors (Lipinski definition) is 2. The first-order valence-electron chi connectivity index (χ1n) is 5.76. The van der Waals surface area contributed by atoms with Crippen LogP contribution < -0.4 is 5.32 Å². The molecule has 0 aromatic heterocycles. The zero-order chi connectivity index (χ0) is 14.5. The summed E-state index contributed by atoms with van der Waals surface area (Å²) in [7, 11) is 0. The van der Waals surface area contributed by atoms with E-state index in [0.29, 0.717) is 0 Å². The smallest absolute Gasteiger partial charge is 0.310 e. The van der Waals surface area contributed by atoms with E-state index in [1.807, 2.05) is 24.3 Å². The van der Waals surface area contributed by atoms with Crippen LogP contribution >= 0.6 is 15.9 Å². The largest absolute Gasteiger partial charge is 0.481 e. The second-order valence-corrected chi connectivity index (χ2v) is 5.71. The number of carboxylic acid groups (broad SMARTS) is 1. The van der Waals surface area contributed by atoms with Gasteiger partial charge in [-0.3, -0.25) is 9.59 Å². The molecule has 19 heavy (non-hydrogen) atoms. The molecule has 0 fully saturated rings. The number of carbonyl (C=O) groups excluding carboxylic acids is 1. The van der Waals surface area contributed by atoms with Crippen LogP contribution in [0.2, 0.25) is 0 Å². The Labute approximate surface area is 120 Å². The second-order valence-electron chi connectivity index (χ2n) is 4.79. The molecule has 1 aromatic carbocycles. The van der Waals surface area contributed by atoms with Crippen LogP contribution in [0.3, 0.4) is 0 Å². The third-order valence-corrected chi connectivity index (χ3v) is 3.11. The molecule has 4 nitrogen and oxygen atoms in total. The van der Waals surface area contributed by atoms with Crippen LogP contribution in [0.5, 0.6) is 0 Å². The number of hydrogen-bond acceptors (Lipinski definition) is 2. The minimum absolute atomic E-state index is 0.0891. The van der Waals surface area contributed by atoms with Gasteiger partial charge in [-0.05, 0) is 37.6 Å². The van der Waals surface area contributed by atoms with Gasteiger partial charge >= 0.3 is 5.97 Å². The zero-order valence-corrected chi connectivity index (χ0v) is 12.4. The molecule has 0 spiro atoms. The van der Waals surface area contributed by atoms with Crippen molar-refractivity contribution in [2.45, 2.75) is 13.8 Å². The summed E-state index contributed by atoms with van der Waals surface area (Å²) >= 11 is 3.33. The molecular weight excluding hydrogens is 310 g/mol. The second kappa shape index (κ2) is 6.52. The standard InChI is InChI=1S/C14H16BrNO3/c1-14(2,13(18)19)9-16-12(17)8-5-10-3-6-11(15)7-4-10/h3-8H,9H2,1-2H3,(H,16,17)(H,18,19)/b8-5+. The third kappa shape index (κ3) is 5.26. The van der Waals surface area contributed by atoms with E-state index in [4.69, 9.17) is 5.11 Å². The molecule has 0 aliphatic rings. The fraction of sp³-hybridized carbons (Fsp3) is 0.286. The van der Waals surface area contributed by atoms with Crippen molar-refractivity contribution in [2.75, 3.05) is 6.54 Å². The molecule has 1 amide bonds. The average molecular weight is 326 g/mol. The Morgan fingerprint density at radius 2 is 1.89 bits per heavy atom. The Morgan fingerprint density at radius 1 is 1.32 bits per heavy atom. The molecule has 5 heteroatoms. The molecule has 0 aliphatic heterocycles. The molecule has 0 aliphatic carbocycles. The number of carbonyl (C=O) groups is 2.